The van der Waals surface area contributed by atoms with E-state index in [9.17, 15) is 28.3 Å². The molecule has 1 aliphatic rings. The third-order valence-corrected chi connectivity index (χ3v) is 9.57. The summed E-state index contributed by atoms with van der Waals surface area (Å²) >= 11 is 0. The number of imidazole rings is 1. The second kappa shape index (κ2) is 12.8. The lowest BCUT2D eigenvalue weighted by Gasteiger charge is -2.27. The summed E-state index contributed by atoms with van der Waals surface area (Å²) in [6.07, 6.45) is -1.24. The maximum Gasteiger partial charge on any atom is 0.487 e. The highest BCUT2D eigenvalue weighted by Crippen LogP contribution is 2.65. The molecule has 232 valence electrons. The molecule has 3 aromatic rings. The summed E-state index contributed by atoms with van der Waals surface area (Å²) in [5.41, 5.74) is 15.5. The van der Waals surface area contributed by atoms with Crippen molar-refractivity contribution in [2.45, 2.75) is 37.8 Å². The summed E-state index contributed by atoms with van der Waals surface area (Å²) in [6, 6.07) is 5.36. The largest absolute Gasteiger partial charge is 0.756 e. The molecule has 2 aromatic heterocycles. The molecule has 6 atom stereocenters. The highest BCUT2D eigenvalue weighted by atomic mass is 31.3. The molecule has 0 aliphatic carbocycles. The van der Waals surface area contributed by atoms with Gasteiger partial charge in [0.2, 0.25) is 0 Å². The highest BCUT2D eigenvalue weighted by molar-refractivity contribution is 7.66. The number of nitrogens with two attached hydrogens (primary N) is 1. The van der Waals surface area contributed by atoms with E-state index in [2.05, 4.69) is 38.1 Å². The number of phosphoric acid groups is 3. The van der Waals surface area contributed by atoms with E-state index in [-0.39, 0.29) is 29.0 Å². The predicted octanol–water partition coefficient (Wildman–Crippen LogP) is 2.00. The monoisotopic (exact) mass is 663 g/mol. The third kappa shape index (κ3) is 8.21. The SMILES string of the molecule is CC(N=[N+]=[N-])c1ccccc1C(=O)O[C@@H]1C[C@H](n2cnc3c(N)ncnc32)O[C@@H]1COP(=O)([O-])OP(=O)(O)OP(=O)(O)O. The van der Waals surface area contributed by atoms with Crippen LogP contribution in [-0.2, 0) is 36.3 Å². The Hall–Kier alpha value is -3.28. The molecule has 43 heavy (non-hydrogen) atoms. The Bertz CT molecular complexity index is 1710. The molecule has 0 amide bonds. The highest BCUT2D eigenvalue weighted by Gasteiger charge is 2.42. The number of benzene rings is 1. The van der Waals surface area contributed by atoms with Crippen LogP contribution < -0.4 is 10.6 Å². The molecule has 4 rings (SSSR count). The first-order chi connectivity index (χ1) is 20.1. The van der Waals surface area contributed by atoms with Crippen LogP contribution in [-0.4, -0.2) is 59.0 Å². The maximum atomic E-state index is 13.2. The van der Waals surface area contributed by atoms with Gasteiger partial charge < -0.3 is 39.3 Å². The van der Waals surface area contributed by atoms with Crippen LogP contribution in [0.3, 0.4) is 0 Å². The molecule has 21 nitrogen and oxygen atoms in total. The topological polar surface area (TPSA) is 317 Å². The number of ether oxygens (including phenoxy) is 2. The normalized spacial score (nSPS) is 22.3. The van der Waals surface area contributed by atoms with Gasteiger partial charge in [0.25, 0.3) is 7.82 Å². The number of hydrogen-bond donors (Lipinski definition) is 4. The van der Waals surface area contributed by atoms with Crippen molar-refractivity contribution in [3.63, 3.8) is 0 Å². The lowest BCUT2D eigenvalue weighted by atomic mass is 10.0. The molecule has 1 saturated heterocycles. The van der Waals surface area contributed by atoms with Gasteiger partial charge in [-0.3, -0.25) is 9.13 Å². The Morgan fingerprint density at radius 1 is 1.26 bits per heavy atom. The van der Waals surface area contributed by atoms with Gasteiger partial charge in [-0.05, 0) is 17.2 Å². The number of rotatable bonds is 12. The van der Waals surface area contributed by atoms with Crippen LogP contribution >= 0.6 is 23.5 Å². The van der Waals surface area contributed by atoms with Gasteiger partial charge in [-0.1, -0.05) is 30.2 Å². The molecule has 3 heterocycles. The Balaban J connectivity index is 1.58. The van der Waals surface area contributed by atoms with Crippen LogP contribution in [0.5, 0.6) is 0 Å². The fraction of sp³-hybridized carbons (Fsp3) is 0.368. The number of hydrogen-bond acceptors (Lipinski definition) is 15. The van der Waals surface area contributed by atoms with Crippen LogP contribution in [0, 0.1) is 0 Å². The molecule has 1 fully saturated rings. The number of carbonyl (C=O) groups is 1. The van der Waals surface area contributed by atoms with Gasteiger partial charge in [0.1, 0.15) is 30.3 Å². The Labute approximate surface area is 240 Å². The summed E-state index contributed by atoms with van der Waals surface area (Å²) in [5.74, 6) is -0.834. The van der Waals surface area contributed by atoms with E-state index >= 15 is 0 Å². The number of phosphoric ester groups is 1. The molecule has 0 bridgehead atoms. The lowest BCUT2D eigenvalue weighted by molar-refractivity contribution is -0.221. The molecular formula is C19H22N8O13P3-. The zero-order valence-electron chi connectivity index (χ0n) is 21.7. The maximum absolute atomic E-state index is 13.2. The molecular weight excluding hydrogens is 641 g/mol. The predicted molar refractivity (Wildman–Crippen MR) is 139 cm³/mol. The molecule has 1 aromatic carbocycles. The van der Waals surface area contributed by atoms with Gasteiger partial charge in [0.05, 0.1) is 24.5 Å². The van der Waals surface area contributed by atoms with Crippen molar-refractivity contribution in [3.05, 3.63) is 58.5 Å². The smallest absolute Gasteiger partial charge is 0.487 e. The van der Waals surface area contributed by atoms with Crippen molar-refractivity contribution < 1.29 is 60.7 Å². The van der Waals surface area contributed by atoms with Gasteiger partial charge >= 0.3 is 21.6 Å². The fourth-order valence-electron chi connectivity index (χ4n) is 4.08. The first-order valence-corrected chi connectivity index (χ1v) is 16.3. The Morgan fingerprint density at radius 2 is 1.98 bits per heavy atom. The average molecular weight is 663 g/mol. The molecule has 0 saturated carbocycles. The number of anilines is 1. The molecule has 0 radical (unpaired) electrons. The molecule has 5 N–H and O–H groups in total. The van der Waals surface area contributed by atoms with Crippen LogP contribution in [0.25, 0.3) is 21.6 Å². The van der Waals surface area contributed by atoms with Crippen LogP contribution in [0.4, 0.5) is 5.82 Å². The van der Waals surface area contributed by atoms with Crippen molar-refractivity contribution in [1.29, 1.82) is 0 Å². The van der Waals surface area contributed by atoms with E-state index in [0.29, 0.717) is 5.56 Å². The second-order valence-corrected chi connectivity index (χ2v) is 13.1. The summed E-state index contributed by atoms with van der Waals surface area (Å²) in [6.45, 7) is 0.586. The summed E-state index contributed by atoms with van der Waals surface area (Å²) in [7, 11) is -17.3. The van der Waals surface area contributed by atoms with Crippen molar-refractivity contribution in [2.24, 2.45) is 5.11 Å². The number of carbonyl (C=O) groups excluding carboxylic acids is 1. The van der Waals surface area contributed by atoms with Gasteiger partial charge in [0.15, 0.2) is 11.5 Å². The summed E-state index contributed by atoms with van der Waals surface area (Å²) in [5, 5.41) is 3.59. The van der Waals surface area contributed by atoms with Crippen molar-refractivity contribution >= 4 is 46.4 Å². The number of nitrogens with zero attached hydrogens (tertiary/aromatic N) is 7. The van der Waals surface area contributed by atoms with Crippen LogP contribution in [0.15, 0.2) is 42.0 Å². The standard InChI is InChI=1S/C19H23N8O13P3/c1-10(25-26-21)11-4-2-3-5-12(11)19(28)38-13-6-15(27-9-24-16-17(20)22-8-23-18(16)27)37-14(13)7-36-42(32,33)40-43(34,35)39-41(29,30)31/h2-5,8-10,13-15H,6-7H2,1H3,(H,32,33)(H,34,35)(H2,20,22,23)(H2,29,30,31)/p-1/t10?,13-,14-,15-/m1/s1. The zero-order valence-corrected chi connectivity index (χ0v) is 24.3. The van der Waals surface area contributed by atoms with Crippen molar-refractivity contribution in [3.8, 4) is 0 Å². The van der Waals surface area contributed by atoms with E-state index in [1.807, 2.05) is 0 Å². The minimum absolute atomic E-state index is 0.0350. The zero-order chi connectivity index (χ0) is 31.6. The molecule has 0 spiro atoms. The lowest BCUT2D eigenvalue weighted by Crippen LogP contribution is -2.32. The fourth-order valence-corrected chi connectivity index (χ4v) is 7.07. The van der Waals surface area contributed by atoms with Crippen LogP contribution in [0.1, 0.15) is 41.5 Å². The van der Waals surface area contributed by atoms with E-state index in [1.54, 1.807) is 19.1 Å². The van der Waals surface area contributed by atoms with Gasteiger partial charge in [-0.2, -0.15) is 4.31 Å². The first-order valence-electron chi connectivity index (χ1n) is 11.8. The second-order valence-electron chi connectivity index (χ2n) is 8.73. The number of nitrogen functional groups attached to an aromatic ring is 1. The van der Waals surface area contributed by atoms with E-state index in [4.69, 9.17) is 30.5 Å². The minimum atomic E-state index is -5.84. The van der Waals surface area contributed by atoms with Gasteiger partial charge in [-0.25, -0.2) is 33.2 Å². The Morgan fingerprint density at radius 3 is 2.67 bits per heavy atom. The van der Waals surface area contributed by atoms with E-state index in [1.165, 1.54) is 29.4 Å². The minimum Gasteiger partial charge on any atom is -0.756 e. The van der Waals surface area contributed by atoms with E-state index < -0.39 is 60.5 Å². The van der Waals surface area contributed by atoms with Crippen molar-refractivity contribution in [2.75, 3.05) is 12.3 Å². The van der Waals surface area contributed by atoms with Gasteiger partial charge in [-0.15, -0.1) is 0 Å². The summed E-state index contributed by atoms with van der Waals surface area (Å²) < 4.78 is 59.6. The number of aromatic nitrogens is 4. The Kier molecular flexibility index (Phi) is 9.68. The molecule has 24 heteroatoms. The molecule has 1 aliphatic heterocycles. The van der Waals surface area contributed by atoms with E-state index in [0.717, 1.165) is 0 Å². The third-order valence-electron chi connectivity index (χ3n) is 5.80. The average Bonchev–Trinajstić information content (AvgIpc) is 3.50. The van der Waals surface area contributed by atoms with Crippen LogP contribution in [0.2, 0.25) is 0 Å². The quantitative estimate of drug-likeness (QED) is 0.0707. The number of azide groups is 1. The van der Waals surface area contributed by atoms with Gasteiger partial charge in [0, 0.05) is 11.3 Å². The summed E-state index contributed by atoms with van der Waals surface area (Å²) in [4.78, 5) is 67.0. The molecule has 3 unspecified atom stereocenters. The number of fused-ring (bicyclic) bond motifs is 1. The first kappa shape index (κ1) is 32.6. The van der Waals surface area contributed by atoms with Crippen molar-refractivity contribution in [1.82, 2.24) is 19.5 Å². The number of esters is 1.